The van der Waals surface area contributed by atoms with Crippen molar-refractivity contribution in [2.24, 2.45) is 5.92 Å². The topological polar surface area (TPSA) is 90.0 Å². The molecule has 21 heavy (non-hydrogen) atoms. The van der Waals surface area contributed by atoms with E-state index in [0.717, 1.165) is 12.8 Å². The second-order valence-electron chi connectivity index (χ2n) is 5.64. The molecule has 1 aliphatic heterocycles. The van der Waals surface area contributed by atoms with Gasteiger partial charge in [-0.1, -0.05) is 6.92 Å². The van der Waals surface area contributed by atoms with Gasteiger partial charge in [0.15, 0.2) is 0 Å². The zero-order chi connectivity index (χ0) is 16.0. The molecule has 7 heteroatoms. The molecule has 1 fully saturated rings. The first-order valence-corrected chi connectivity index (χ1v) is 7.35. The number of carboxylic acid groups (broad SMARTS) is 1. The van der Waals surface area contributed by atoms with E-state index in [1.807, 2.05) is 0 Å². The van der Waals surface area contributed by atoms with Gasteiger partial charge in [0.25, 0.3) is 0 Å². The smallest absolute Gasteiger partial charge is 0.326 e. The van der Waals surface area contributed by atoms with Crippen molar-refractivity contribution in [1.29, 1.82) is 0 Å². The molecular formula is C14H25N3O4. The van der Waals surface area contributed by atoms with Crippen molar-refractivity contribution in [2.45, 2.75) is 39.7 Å². The maximum atomic E-state index is 12.5. The van der Waals surface area contributed by atoms with Gasteiger partial charge in [-0.25, -0.2) is 9.59 Å². The van der Waals surface area contributed by atoms with E-state index in [1.165, 1.54) is 18.7 Å². The van der Waals surface area contributed by atoms with Gasteiger partial charge >= 0.3 is 12.0 Å². The number of hydrogen-bond acceptors (Lipinski definition) is 3. The molecule has 0 spiro atoms. The first-order chi connectivity index (χ1) is 9.82. The third kappa shape index (κ3) is 5.24. The van der Waals surface area contributed by atoms with E-state index in [-0.39, 0.29) is 25.0 Å². The Labute approximate surface area is 125 Å². The van der Waals surface area contributed by atoms with Crippen LogP contribution in [0, 0.1) is 5.92 Å². The van der Waals surface area contributed by atoms with Gasteiger partial charge in [0, 0.05) is 33.1 Å². The number of carbonyl (C=O) groups is 3. The van der Waals surface area contributed by atoms with Crippen molar-refractivity contribution in [2.75, 3.05) is 26.2 Å². The highest BCUT2D eigenvalue weighted by Gasteiger charge is 2.30. The SMILES string of the molecule is CC(=O)NCCN(C(=O)N1CCC(C)CC1)C(C)C(=O)O. The molecule has 1 unspecified atom stereocenters. The van der Waals surface area contributed by atoms with Crippen LogP contribution in [0.5, 0.6) is 0 Å². The number of nitrogens with zero attached hydrogens (tertiary/aromatic N) is 2. The van der Waals surface area contributed by atoms with Crippen LogP contribution in [-0.2, 0) is 9.59 Å². The highest BCUT2D eigenvalue weighted by Crippen LogP contribution is 2.18. The Balaban J connectivity index is 2.67. The van der Waals surface area contributed by atoms with Gasteiger partial charge in [0.05, 0.1) is 0 Å². The monoisotopic (exact) mass is 299 g/mol. The fourth-order valence-electron chi connectivity index (χ4n) is 2.32. The minimum atomic E-state index is -1.04. The summed E-state index contributed by atoms with van der Waals surface area (Å²) in [6.07, 6.45) is 1.87. The van der Waals surface area contributed by atoms with Crippen LogP contribution in [-0.4, -0.2) is 65.0 Å². The average molecular weight is 299 g/mol. The lowest BCUT2D eigenvalue weighted by atomic mass is 9.99. The maximum absolute atomic E-state index is 12.5. The van der Waals surface area contributed by atoms with Gasteiger partial charge < -0.3 is 20.2 Å². The van der Waals surface area contributed by atoms with Crippen LogP contribution in [0.3, 0.4) is 0 Å². The molecule has 120 valence electrons. The molecule has 1 rings (SSSR count). The first-order valence-electron chi connectivity index (χ1n) is 7.35. The number of piperidine rings is 1. The minimum absolute atomic E-state index is 0.192. The van der Waals surface area contributed by atoms with E-state index in [2.05, 4.69) is 12.2 Å². The van der Waals surface area contributed by atoms with Crippen LogP contribution in [0.4, 0.5) is 4.79 Å². The highest BCUT2D eigenvalue weighted by atomic mass is 16.4. The Hall–Kier alpha value is -1.79. The summed E-state index contributed by atoms with van der Waals surface area (Å²) in [5.41, 5.74) is 0. The molecule has 0 bridgehead atoms. The molecular weight excluding hydrogens is 274 g/mol. The third-order valence-corrected chi connectivity index (χ3v) is 3.85. The molecule has 3 amide bonds. The molecule has 0 radical (unpaired) electrons. The number of likely N-dealkylation sites (tertiary alicyclic amines) is 1. The lowest BCUT2D eigenvalue weighted by Crippen LogP contribution is -2.53. The van der Waals surface area contributed by atoms with Crippen LogP contribution in [0.25, 0.3) is 0 Å². The summed E-state index contributed by atoms with van der Waals surface area (Å²) in [4.78, 5) is 37.6. The largest absolute Gasteiger partial charge is 0.480 e. The van der Waals surface area contributed by atoms with Gasteiger partial charge in [-0.05, 0) is 25.7 Å². The van der Waals surface area contributed by atoms with Crippen LogP contribution >= 0.6 is 0 Å². The summed E-state index contributed by atoms with van der Waals surface area (Å²) in [6, 6.07) is -1.17. The Bertz CT molecular complexity index is 392. The summed E-state index contributed by atoms with van der Waals surface area (Å²) in [5.74, 6) is -0.646. The van der Waals surface area contributed by atoms with E-state index in [9.17, 15) is 14.4 Å². The van der Waals surface area contributed by atoms with E-state index < -0.39 is 12.0 Å². The summed E-state index contributed by atoms with van der Waals surface area (Å²) < 4.78 is 0. The fraction of sp³-hybridized carbons (Fsp3) is 0.786. The lowest BCUT2D eigenvalue weighted by Gasteiger charge is -2.36. The van der Waals surface area contributed by atoms with E-state index in [1.54, 1.807) is 4.90 Å². The van der Waals surface area contributed by atoms with Crippen molar-refractivity contribution in [1.82, 2.24) is 15.1 Å². The summed E-state index contributed by atoms with van der Waals surface area (Å²) in [7, 11) is 0. The number of urea groups is 1. The molecule has 1 atom stereocenters. The van der Waals surface area contributed by atoms with Gasteiger partial charge in [0.1, 0.15) is 6.04 Å². The number of rotatable bonds is 5. The second kappa shape index (κ2) is 7.85. The predicted molar refractivity (Wildman–Crippen MR) is 77.9 cm³/mol. The van der Waals surface area contributed by atoms with E-state index in [0.29, 0.717) is 19.0 Å². The van der Waals surface area contributed by atoms with Crippen molar-refractivity contribution < 1.29 is 19.5 Å². The average Bonchev–Trinajstić information content (AvgIpc) is 2.42. The number of aliphatic carboxylic acids is 1. The molecule has 0 aliphatic carbocycles. The van der Waals surface area contributed by atoms with Crippen molar-refractivity contribution in [3.05, 3.63) is 0 Å². The lowest BCUT2D eigenvalue weighted by molar-refractivity contribution is -0.141. The van der Waals surface area contributed by atoms with Gasteiger partial charge in [-0.3, -0.25) is 4.79 Å². The Morgan fingerprint density at radius 2 is 1.90 bits per heavy atom. The molecule has 0 aromatic carbocycles. The van der Waals surface area contributed by atoms with Crippen molar-refractivity contribution in [3.63, 3.8) is 0 Å². The normalized spacial score (nSPS) is 17.2. The number of hydrogen-bond donors (Lipinski definition) is 2. The highest BCUT2D eigenvalue weighted by molar-refractivity contribution is 5.82. The first kappa shape index (κ1) is 17.3. The Kier molecular flexibility index (Phi) is 6.45. The summed E-state index contributed by atoms with van der Waals surface area (Å²) >= 11 is 0. The van der Waals surface area contributed by atoms with Crippen LogP contribution in [0.15, 0.2) is 0 Å². The third-order valence-electron chi connectivity index (χ3n) is 3.85. The number of carbonyl (C=O) groups excluding carboxylic acids is 2. The van der Waals surface area contributed by atoms with E-state index >= 15 is 0 Å². The maximum Gasteiger partial charge on any atom is 0.326 e. The standard InChI is InChI=1S/C14H25N3O4/c1-10-4-7-16(8-5-10)14(21)17(11(2)13(19)20)9-6-15-12(3)18/h10-11H,4-9H2,1-3H3,(H,15,18)(H,19,20). The number of carboxylic acids is 1. The van der Waals surface area contributed by atoms with Crippen LogP contribution in [0.1, 0.15) is 33.6 Å². The molecule has 0 aromatic heterocycles. The quantitative estimate of drug-likeness (QED) is 0.784. The second-order valence-corrected chi connectivity index (χ2v) is 5.64. The Morgan fingerprint density at radius 3 is 2.38 bits per heavy atom. The fourth-order valence-corrected chi connectivity index (χ4v) is 2.32. The van der Waals surface area contributed by atoms with Gasteiger partial charge in [-0.2, -0.15) is 0 Å². The molecule has 0 aromatic rings. The zero-order valence-electron chi connectivity index (χ0n) is 13.0. The molecule has 1 heterocycles. The minimum Gasteiger partial charge on any atom is -0.480 e. The number of nitrogens with one attached hydrogen (secondary N) is 1. The van der Waals surface area contributed by atoms with Crippen LogP contribution in [0.2, 0.25) is 0 Å². The molecule has 7 nitrogen and oxygen atoms in total. The Morgan fingerprint density at radius 1 is 1.33 bits per heavy atom. The molecule has 1 saturated heterocycles. The summed E-state index contributed by atoms with van der Waals surface area (Å²) in [5, 5.41) is 11.7. The number of amides is 3. The zero-order valence-corrected chi connectivity index (χ0v) is 13.0. The van der Waals surface area contributed by atoms with Gasteiger partial charge in [-0.15, -0.1) is 0 Å². The van der Waals surface area contributed by atoms with Crippen molar-refractivity contribution in [3.8, 4) is 0 Å². The molecule has 1 aliphatic rings. The summed E-state index contributed by atoms with van der Waals surface area (Å²) in [6.45, 7) is 6.78. The molecule has 2 N–H and O–H groups in total. The van der Waals surface area contributed by atoms with Crippen molar-refractivity contribution >= 4 is 17.9 Å². The van der Waals surface area contributed by atoms with E-state index in [4.69, 9.17) is 5.11 Å². The van der Waals surface area contributed by atoms with Crippen LogP contribution < -0.4 is 5.32 Å². The molecule has 0 saturated carbocycles. The van der Waals surface area contributed by atoms with Gasteiger partial charge in [0.2, 0.25) is 5.91 Å². The predicted octanol–water partition coefficient (Wildman–Crippen LogP) is 0.750.